The monoisotopic (exact) mass is 409 g/mol. The van der Waals surface area contributed by atoms with Crippen molar-refractivity contribution in [3.8, 4) is 0 Å². The molecule has 3 rings (SSSR count). The number of rotatable bonds is 6. The second-order valence-electron chi connectivity index (χ2n) is 5.21. The first-order chi connectivity index (χ1) is 12.5. The third-order valence-corrected chi connectivity index (χ3v) is 5.65. The summed E-state index contributed by atoms with van der Waals surface area (Å²) in [7, 11) is 0. The lowest BCUT2D eigenvalue weighted by atomic mass is 10.3. The highest BCUT2D eigenvalue weighted by Crippen LogP contribution is 2.30. The number of thioether (sulfide) groups is 1. The fourth-order valence-corrected chi connectivity index (χ4v) is 4.08. The Morgan fingerprint density at radius 3 is 2.69 bits per heavy atom. The van der Waals surface area contributed by atoms with Crippen LogP contribution in [0.2, 0.25) is 5.02 Å². The molecule has 5 nitrogen and oxygen atoms in total. The predicted octanol–water partition coefficient (Wildman–Crippen LogP) is 3.94. The Balaban J connectivity index is 1.44. The zero-order chi connectivity index (χ0) is 18.5. The van der Waals surface area contributed by atoms with Crippen molar-refractivity contribution in [2.45, 2.75) is 4.34 Å². The molecular weight excluding hydrogens is 397 g/mol. The summed E-state index contributed by atoms with van der Waals surface area (Å²) in [5.74, 6) is -0.895. The minimum atomic E-state index is -0.385. The summed E-state index contributed by atoms with van der Waals surface area (Å²) in [5.41, 5.74) is 1.26. The average molecular weight is 410 g/mol. The molecule has 0 fully saturated rings. The van der Waals surface area contributed by atoms with Gasteiger partial charge in [0.2, 0.25) is 11.8 Å². The molecule has 0 radical (unpaired) electrons. The summed E-state index contributed by atoms with van der Waals surface area (Å²) >= 11 is 8.70. The lowest BCUT2D eigenvalue weighted by Gasteiger charge is -2.06. The number of nitrogens with one attached hydrogen (secondary N) is 2. The molecule has 2 amide bonds. The van der Waals surface area contributed by atoms with Crippen LogP contribution in [-0.4, -0.2) is 29.1 Å². The molecule has 0 aliphatic heterocycles. The van der Waals surface area contributed by atoms with Crippen molar-refractivity contribution in [1.82, 2.24) is 10.3 Å². The van der Waals surface area contributed by atoms with Gasteiger partial charge in [0.25, 0.3) is 0 Å². The van der Waals surface area contributed by atoms with Crippen molar-refractivity contribution >= 4 is 62.4 Å². The fourth-order valence-electron chi connectivity index (χ4n) is 2.04. The van der Waals surface area contributed by atoms with E-state index in [0.717, 1.165) is 14.6 Å². The molecule has 0 atom stereocenters. The minimum absolute atomic E-state index is 0.150. The number of amides is 2. The highest BCUT2D eigenvalue weighted by molar-refractivity contribution is 8.01. The molecule has 2 aromatic carbocycles. The van der Waals surface area contributed by atoms with Crippen molar-refractivity contribution in [2.24, 2.45) is 0 Å². The molecule has 0 aliphatic rings. The van der Waals surface area contributed by atoms with Crippen LogP contribution in [0.25, 0.3) is 10.2 Å². The molecule has 0 bridgehead atoms. The van der Waals surface area contributed by atoms with Crippen LogP contribution in [-0.2, 0) is 9.59 Å². The second-order valence-corrected chi connectivity index (χ2v) is 7.90. The van der Waals surface area contributed by atoms with E-state index in [0.29, 0.717) is 10.7 Å². The Morgan fingerprint density at radius 1 is 1.15 bits per heavy atom. The van der Waals surface area contributed by atoms with Gasteiger partial charge in [0.05, 0.1) is 22.5 Å². The van der Waals surface area contributed by atoms with Crippen molar-refractivity contribution < 1.29 is 14.0 Å². The first kappa shape index (κ1) is 18.6. The maximum absolute atomic E-state index is 12.8. The highest BCUT2D eigenvalue weighted by Gasteiger charge is 2.10. The number of carbonyl (C=O) groups is 2. The summed E-state index contributed by atoms with van der Waals surface area (Å²) in [6, 6.07) is 10.8. The molecule has 0 saturated heterocycles. The largest absolute Gasteiger partial charge is 0.346 e. The highest BCUT2D eigenvalue weighted by atomic mass is 35.5. The molecule has 9 heteroatoms. The first-order valence-electron chi connectivity index (χ1n) is 7.50. The van der Waals surface area contributed by atoms with Crippen LogP contribution in [0, 0.1) is 5.82 Å². The molecule has 3 aromatic rings. The van der Waals surface area contributed by atoms with Crippen molar-refractivity contribution in [1.29, 1.82) is 0 Å². The van der Waals surface area contributed by atoms with E-state index < -0.39 is 0 Å². The van der Waals surface area contributed by atoms with Crippen LogP contribution in [0.3, 0.4) is 0 Å². The lowest BCUT2D eigenvalue weighted by Crippen LogP contribution is -2.33. The van der Waals surface area contributed by atoms with Crippen LogP contribution in [0.15, 0.2) is 46.8 Å². The molecule has 0 unspecified atom stereocenters. The predicted molar refractivity (Wildman–Crippen MR) is 103 cm³/mol. The number of thiazole rings is 1. The number of anilines is 1. The second kappa shape index (κ2) is 8.48. The van der Waals surface area contributed by atoms with E-state index in [9.17, 15) is 14.0 Å². The number of hydrogen-bond acceptors (Lipinski definition) is 5. The Kier molecular flexibility index (Phi) is 6.08. The van der Waals surface area contributed by atoms with Gasteiger partial charge in [-0.2, -0.15) is 0 Å². The Bertz CT molecular complexity index is 947. The van der Waals surface area contributed by atoms with Crippen LogP contribution >= 0.6 is 34.7 Å². The Labute approximate surface area is 162 Å². The number of carbonyl (C=O) groups excluding carboxylic acids is 2. The molecular formula is C17H13ClFN3O2S2. The van der Waals surface area contributed by atoms with E-state index >= 15 is 0 Å². The Hall–Kier alpha value is -2.16. The normalized spacial score (nSPS) is 10.7. The number of aromatic nitrogens is 1. The number of halogens is 2. The SMILES string of the molecule is O=C(CSc1nc2cc(Cl)ccc2s1)NCC(=O)Nc1ccc(F)cc1. The van der Waals surface area contributed by atoms with E-state index in [1.165, 1.54) is 47.4 Å². The van der Waals surface area contributed by atoms with E-state index in [-0.39, 0.29) is 29.9 Å². The van der Waals surface area contributed by atoms with Gasteiger partial charge in [-0.25, -0.2) is 9.37 Å². The standard InChI is InChI=1S/C17H13ClFN3O2S2/c18-10-1-6-14-13(7-10)22-17(26-14)25-9-16(24)20-8-15(23)21-12-4-2-11(19)3-5-12/h1-7H,8-9H2,(H,20,24)(H,21,23). The molecule has 134 valence electrons. The van der Waals surface area contributed by atoms with Crippen molar-refractivity contribution in [3.63, 3.8) is 0 Å². The van der Waals surface area contributed by atoms with Gasteiger partial charge in [-0.15, -0.1) is 11.3 Å². The molecule has 26 heavy (non-hydrogen) atoms. The summed E-state index contributed by atoms with van der Waals surface area (Å²) in [6.07, 6.45) is 0. The Morgan fingerprint density at radius 2 is 1.92 bits per heavy atom. The lowest BCUT2D eigenvalue weighted by molar-refractivity contribution is -0.122. The van der Waals surface area contributed by atoms with Gasteiger partial charge in [-0.1, -0.05) is 23.4 Å². The first-order valence-corrected chi connectivity index (χ1v) is 9.68. The maximum Gasteiger partial charge on any atom is 0.243 e. The van der Waals surface area contributed by atoms with E-state index in [1.807, 2.05) is 6.07 Å². The van der Waals surface area contributed by atoms with E-state index in [2.05, 4.69) is 15.6 Å². The van der Waals surface area contributed by atoms with Gasteiger partial charge in [-0.3, -0.25) is 9.59 Å². The molecule has 0 aliphatic carbocycles. The summed E-state index contributed by atoms with van der Waals surface area (Å²) in [4.78, 5) is 28.1. The molecule has 1 heterocycles. The van der Waals surface area contributed by atoms with Gasteiger partial charge in [0.15, 0.2) is 4.34 Å². The number of nitrogens with zero attached hydrogens (tertiary/aromatic N) is 1. The zero-order valence-electron chi connectivity index (χ0n) is 13.3. The van der Waals surface area contributed by atoms with E-state index in [4.69, 9.17) is 11.6 Å². The number of fused-ring (bicyclic) bond motifs is 1. The van der Waals surface area contributed by atoms with Crippen molar-refractivity contribution in [3.05, 3.63) is 53.3 Å². The van der Waals surface area contributed by atoms with Gasteiger partial charge in [0.1, 0.15) is 5.82 Å². The number of benzene rings is 2. The third-order valence-electron chi connectivity index (χ3n) is 3.23. The topological polar surface area (TPSA) is 71.1 Å². The van der Waals surface area contributed by atoms with Gasteiger partial charge in [0, 0.05) is 10.7 Å². The zero-order valence-corrected chi connectivity index (χ0v) is 15.7. The minimum Gasteiger partial charge on any atom is -0.346 e. The van der Waals surface area contributed by atoms with Crippen LogP contribution in [0.4, 0.5) is 10.1 Å². The molecule has 0 spiro atoms. The average Bonchev–Trinajstić information content (AvgIpc) is 3.02. The summed E-state index contributed by atoms with van der Waals surface area (Å²) in [5, 5.41) is 5.72. The van der Waals surface area contributed by atoms with Crippen LogP contribution < -0.4 is 10.6 Å². The molecule has 2 N–H and O–H groups in total. The number of hydrogen-bond donors (Lipinski definition) is 2. The molecule has 0 saturated carbocycles. The van der Waals surface area contributed by atoms with Gasteiger partial charge in [-0.05, 0) is 42.5 Å². The maximum atomic E-state index is 12.8. The third kappa shape index (κ3) is 5.17. The quantitative estimate of drug-likeness (QED) is 0.605. The molecule has 1 aromatic heterocycles. The van der Waals surface area contributed by atoms with E-state index in [1.54, 1.807) is 12.1 Å². The summed E-state index contributed by atoms with van der Waals surface area (Å²) in [6.45, 7) is -0.160. The summed E-state index contributed by atoms with van der Waals surface area (Å²) < 4.78 is 14.6. The van der Waals surface area contributed by atoms with Gasteiger partial charge >= 0.3 is 0 Å². The van der Waals surface area contributed by atoms with Crippen molar-refractivity contribution in [2.75, 3.05) is 17.6 Å². The smallest absolute Gasteiger partial charge is 0.243 e. The fraction of sp³-hybridized carbons (Fsp3) is 0.118. The van der Waals surface area contributed by atoms with Crippen LogP contribution in [0.5, 0.6) is 0 Å². The van der Waals surface area contributed by atoms with Gasteiger partial charge < -0.3 is 10.6 Å². The van der Waals surface area contributed by atoms with Crippen LogP contribution in [0.1, 0.15) is 0 Å².